The van der Waals surface area contributed by atoms with Gasteiger partial charge in [0.1, 0.15) is 97.7 Å². The molecule has 21 atom stereocenters. The van der Waals surface area contributed by atoms with Crippen molar-refractivity contribution in [2.75, 3.05) is 39.6 Å². The molecule has 22 heteroatoms. The Kier molecular flexibility index (Phi) is 14.7. The van der Waals surface area contributed by atoms with E-state index in [2.05, 4.69) is 0 Å². The van der Waals surface area contributed by atoms with E-state index in [4.69, 9.17) is 42.6 Å². The first-order valence-corrected chi connectivity index (χ1v) is 16.7. The van der Waals surface area contributed by atoms with Gasteiger partial charge in [0.25, 0.3) is 0 Å². The highest BCUT2D eigenvalue weighted by Gasteiger charge is 2.55. The highest BCUT2D eigenvalue weighted by atomic mass is 16.8. The van der Waals surface area contributed by atoms with Crippen molar-refractivity contribution in [1.82, 2.24) is 0 Å². The van der Waals surface area contributed by atoms with Crippen LogP contribution in [0.4, 0.5) is 0 Å². The predicted molar refractivity (Wildman–Crippen MR) is 157 cm³/mol. The second kappa shape index (κ2) is 18.2. The van der Waals surface area contributed by atoms with Crippen LogP contribution in [0.25, 0.3) is 0 Å². The Morgan fingerprint density at radius 3 is 1.18 bits per heavy atom. The van der Waals surface area contributed by atoms with Crippen LogP contribution in [0.1, 0.15) is 12.8 Å². The molecular formula is C29H50O22. The SMILES string of the molecule is OC[C@H]1O[C@@H](O[C@@H]2[C@@H](O)[C@H](O[C@@H]3[C@@H](O)[C@H](O[C@@H]4[C@@H](O)[C@H](OCCCC5CO5)O[C@H](CO)[C@H]4O)O[C@H](CO)[C@H]3O)O[C@H](CO)[C@H]2O)[C@H](O)[C@@H](O)[C@@H]1O. The zero-order valence-electron chi connectivity index (χ0n) is 27.3. The van der Waals surface area contributed by atoms with E-state index in [0.717, 1.165) is 0 Å². The van der Waals surface area contributed by atoms with Crippen LogP contribution in [-0.4, -0.2) is 235 Å². The van der Waals surface area contributed by atoms with E-state index in [0.29, 0.717) is 19.4 Å². The van der Waals surface area contributed by atoms with Crippen molar-refractivity contribution in [2.45, 2.75) is 142 Å². The zero-order valence-corrected chi connectivity index (χ0v) is 27.3. The van der Waals surface area contributed by atoms with Crippen molar-refractivity contribution >= 4 is 0 Å². The van der Waals surface area contributed by atoms with Crippen molar-refractivity contribution < 1.29 is 109 Å². The summed E-state index contributed by atoms with van der Waals surface area (Å²) in [6.45, 7) is -2.54. The number of hydrogen-bond donors (Lipinski definition) is 13. The Bertz CT molecular complexity index is 1060. The molecule has 5 fully saturated rings. The van der Waals surface area contributed by atoms with E-state index in [-0.39, 0.29) is 12.7 Å². The van der Waals surface area contributed by atoms with Crippen LogP contribution in [-0.2, 0) is 42.6 Å². The molecule has 5 aliphatic rings. The molecule has 298 valence electrons. The van der Waals surface area contributed by atoms with Gasteiger partial charge in [0, 0.05) is 6.61 Å². The van der Waals surface area contributed by atoms with Crippen LogP contribution in [0, 0.1) is 0 Å². The van der Waals surface area contributed by atoms with E-state index in [1.807, 2.05) is 0 Å². The third kappa shape index (κ3) is 9.16. The van der Waals surface area contributed by atoms with Gasteiger partial charge in [0.05, 0.1) is 39.1 Å². The molecule has 0 aromatic carbocycles. The Labute approximate surface area is 290 Å². The Hall–Kier alpha value is -0.880. The van der Waals surface area contributed by atoms with E-state index < -0.39 is 149 Å². The van der Waals surface area contributed by atoms with E-state index in [9.17, 15) is 66.4 Å². The molecule has 0 amide bonds. The molecule has 0 spiro atoms. The second-order valence-corrected chi connectivity index (χ2v) is 13.1. The molecule has 5 heterocycles. The molecule has 0 aliphatic carbocycles. The lowest BCUT2D eigenvalue weighted by atomic mass is 9.95. The molecule has 22 nitrogen and oxygen atoms in total. The average molecular weight is 751 g/mol. The molecule has 5 rings (SSSR count). The maximum absolute atomic E-state index is 11.3. The van der Waals surface area contributed by atoms with Gasteiger partial charge >= 0.3 is 0 Å². The number of aliphatic hydroxyl groups excluding tert-OH is 13. The fourth-order valence-corrected chi connectivity index (χ4v) is 6.39. The first-order valence-electron chi connectivity index (χ1n) is 16.7. The molecule has 1 unspecified atom stereocenters. The van der Waals surface area contributed by atoms with Gasteiger partial charge < -0.3 is 109 Å². The minimum absolute atomic E-state index is 0.119. The molecule has 0 saturated carbocycles. The van der Waals surface area contributed by atoms with Gasteiger partial charge in [-0.05, 0) is 12.8 Å². The van der Waals surface area contributed by atoms with Crippen molar-refractivity contribution in [2.24, 2.45) is 0 Å². The predicted octanol–water partition coefficient (Wildman–Crippen LogP) is -8.55. The Balaban J connectivity index is 1.29. The smallest absolute Gasteiger partial charge is 0.187 e. The van der Waals surface area contributed by atoms with E-state index in [1.54, 1.807) is 0 Å². The maximum atomic E-state index is 11.3. The van der Waals surface area contributed by atoms with Gasteiger partial charge in [0.2, 0.25) is 0 Å². The fourth-order valence-electron chi connectivity index (χ4n) is 6.39. The third-order valence-electron chi connectivity index (χ3n) is 9.54. The third-order valence-corrected chi connectivity index (χ3v) is 9.54. The highest BCUT2D eigenvalue weighted by molar-refractivity contribution is 4.98. The van der Waals surface area contributed by atoms with Crippen LogP contribution in [0.2, 0.25) is 0 Å². The number of hydrogen-bond acceptors (Lipinski definition) is 22. The van der Waals surface area contributed by atoms with Gasteiger partial charge in [-0.25, -0.2) is 0 Å². The molecule has 5 aliphatic heterocycles. The lowest BCUT2D eigenvalue weighted by Gasteiger charge is -2.49. The summed E-state index contributed by atoms with van der Waals surface area (Å²) >= 11 is 0. The molecular weight excluding hydrogens is 700 g/mol. The van der Waals surface area contributed by atoms with E-state index in [1.165, 1.54) is 0 Å². The minimum Gasteiger partial charge on any atom is -0.394 e. The summed E-state index contributed by atoms with van der Waals surface area (Å²) in [5.41, 5.74) is 0. The summed E-state index contributed by atoms with van der Waals surface area (Å²) < 4.78 is 49.6. The summed E-state index contributed by atoms with van der Waals surface area (Å²) in [5, 5.41) is 136. The fraction of sp³-hybridized carbons (Fsp3) is 1.00. The largest absolute Gasteiger partial charge is 0.394 e. The standard InChI is InChI=1S/C29H50O22/c30-4-10-14(34)18(38)19(39)27(46-10)49-24-16(36)12(6-32)48-29(21(24)41)51-25-17(37)13(7-33)47-28(22(25)42)50-23-15(35)11(5-31)45-26(20(23)40)43-3-1-2-9-8-44-9/h9-42H,1-8H2/t9?,10-,11-,12-,13-,14-,15-,16-,17-,18+,19-,20-,21-,22-,23+,24+,25+,26-,27+,28+,29+/m1/s1. The topological polar surface area (TPSA) is 349 Å². The summed E-state index contributed by atoms with van der Waals surface area (Å²) in [6.07, 6.45) is -33.5. The average Bonchev–Trinajstić information content (AvgIpc) is 3.95. The first kappa shape index (κ1) is 41.3. The summed E-state index contributed by atoms with van der Waals surface area (Å²) in [4.78, 5) is 0. The monoisotopic (exact) mass is 750 g/mol. The van der Waals surface area contributed by atoms with Crippen LogP contribution in [0.5, 0.6) is 0 Å². The number of epoxide rings is 1. The van der Waals surface area contributed by atoms with Crippen LogP contribution in [0.3, 0.4) is 0 Å². The first-order chi connectivity index (χ1) is 24.3. The van der Waals surface area contributed by atoms with Crippen molar-refractivity contribution in [3.63, 3.8) is 0 Å². The van der Waals surface area contributed by atoms with Crippen LogP contribution < -0.4 is 0 Å². The van der Waals surface area contributed by atoms with Crippen LogP contribution >= 0.6 is 0 Å². The maximum Gasteiger partial charge on any atom is 0.187 e. The molecule has 0 aromatic heterocycles. The lowest BCUT2D eigenvalue weighted by Crippen LogP contribution is -2.67. The molecule has 51 heavy (non-hydrogen) atoms. The number of ether oxygens (including phenoxy) is 9. The van der Waals surface area contributed by atoms with Gasteiger partial charge in [-0.1, -0.05) is 0 Å². The van der Waals surface area contributed by atoms with Gasteiger partial charge in [-0.3, -0.25) is 0 Å². The number of rotatable bonds is 15. The molecule has 0 bridgehead atoms. The zero-order chi connectivity index (χ0) is 37.1. The minimum atomic E-state index is -2.04. The second-order valence-electron chi connectivity index (χ2n) is 13.1. The van der Waals surface area contributed by atoms with Crippen molar-refractivity contribution in [3.8, 4) is 0 Å². The number of aliphatic hydroxyl groups is 13. The van der Waals surface area contributed by atoms with Crippen LogP contribution in [0.15, 0.2) is 0 Å². The van der Waals surface area contributed by atoms with Gasteiger partial charge in [0.15, 0.2) is 25.2 Å². The Morgan fingerprint density at radius 2 is 0.784 bits per heavy atom. The van der Waals surface area contributed by atoms with Gasteiger partial charge in [-0.2, -0.15) is 0 Å². The highest BCUT2D eigenvalue weighted by Crippen LogP contribution is 2.34. The summed E-state index contributed by atoms with van der Waals surface area (Å²) in [7, 11) is 0. The Morgan fingerprint density at radius 1 is 0.431 bits per heavy atom. The normalized spacial score (nSPS) is 50.6. The summed E-state index contributed by atoms with van der Waals surface area (Å²) in [6, 6.07) is 0. The molecule has 0 radical (unpaired) electrons. The van der Waals surface area contributed by atoms with E-state index >= 15 is 0 Å². The van der Waals surface area contributed by atoms with Gasteiger partial charge in [-0.15, -0.1) is 0 Å². The molecule has 5 saturated heterocycles. The quantitative estimate of drug-likeness (QED) is 0.0546. The van der Waals surface area contributed by atoms with Crippen molar-refractivity contribution in [3.05, 3.63) is 0 Å². The lowest BCUT2D eigenvalue weighted by molar-refractivity contribution is -0.390. The molecule has 0 aromatic rings. The molecule has 13 N–H and O–H groups in total. The van der Waals surface area contributed by atoms with Crippen molar-refractivity contribution in [1.29, 1.82) is 0 Å². The summed E-state index contributed by atoms with van der Waals surface area (Å²) in [5.74, 6) is 0.